The fourth-order valence-electron chi connectivity index (χ4n) is 3.39. The second-order valence-electron chi connectivity index (χ2n) is 6.43. The molecule has 8 heteroatoms. The van der Waals surface area contributed by atoms with Gasteiger partial charge in [0.15, 0.2) is 5.84 Å². The minimum Gasteiger partial charge on any atom is -0.330 e. The third-order valence-corrected chi connectivity index (χ3v) is 5.31. The molecule has 2 aromatic carbocycles. The van der Waals surface area contributed by atoms with Gasteiger partial charge in [-0.2, -0.15) is 0 Å². The number of benzene rings is 2. The SMILES string of the molecule is Cn1c(=O)ccc2c3cc(C(=Nc4ccc(Cl)cc4Cl)NO)ccc3n(C)c21. The molecule has 0 bridgehead atoms. The van der Waals surface area contributed by atoms with E-state index >= 15 is 0 Å². The molecule has 4 rings (SSSR count). The summed E-state index contributed by atoms with van der Waals surface area (Å²) in [6.45, 7) is 0. The highest BCUT2D eigenvalue weighted by Gasteiger charge is 2.14. The van der Waals surface area contributed by atoms with Gasteiger partial charge in [0.1, 0.15) is 5.65 Å². The van der Waals surface area contributed by atoms with Crippen LogP contribution in [0.4, 0.5) is 5.69 Å². The highest BCUT2D eigenvalue weighted by molar-refractivity contribution is 6.36. The Labute approximate surface area is 170 Å². The smallest absolute Gasteiger partial charge is 0.251 e. The van der Waals surface area contributed by atoms with Crippen LogP contribution in [0.1, 0.15) is 5.56 Å². The number of aromatic nitrogens is 2. The minimum absolute atomic E-state index is 0.0738. The van der Waals surface area contributed by atoms with Crippen molar-refractivity contribution in [3.8, 4) is 0 Å². The van der Waals surface area contributed by atoms with Gasteiger partial charge in [0.25, 0.3) is 5.56 Å². The lowest BCUT2D eigenvalue weighted by Crippen LogP contribution is -2.19. The molecule has 0 aliphatic carbocycles. The Bertz CT molecular complexity index is 1320. The number of hydrogen-bond acceptors (Lipinski definition) is 3. The number of hydrogen-bond donors (Lipinski definition) is 2. The molecule has 2 aromatic heterocycles. The second-order valence-corrected chi connectivity index (χ2v) is 7.27. The van der Waals surface area contributed by atoms with Crippen LogP contribution < -0.4 is 11.0 Å². The normalized spacial score (nSPS) is 12.1. The minimum atomic E-state index is -0.0738. The summed E-state index contributed by atoms with van der Waals surface area (Å²) in [7, 11) is 3.66. The number of nitrogens with one attached hydrogen (secondary N) is 1. The van der Waals surface area contributed by atoms with Gasteiger partial charge in [0.05, 0.1) is 16.2 Å². The van der Waals surface area contributed by atoms with Crippen molar-refractivity contribution >= 4 is 56.7 Å². The van der Waals surface area contributed by atoms with Gasteiger partial charge in [-0.25, -0.2) is 4.99 Å². The van der Waals surface area contributed by atoms with Crippen LogP contribution >= 0.6 is 23.2 Å². The highest BCUT2D eigenvalue weighted by Crippen LogP contribution is 2.30. The molecule has 28 heavy (non-hydrogen) atoms. The summed E-state index contributed by atoms with van der Waals surface area (Å²) in [6, 6.07) is 14.0. The van der Waals surface area contributed by atoms with E-state index in [1.807, 2.05) is 35.9 Å². The van der Waals surface area contributed by atoms with Crippen LogP contribution in [-0.4, -0.2) is 20.2 Å². The number of hydroxylamine groups is 1. The first-order valence-electron chi connectivity index (χ1n) is 8.43. The van der Waals surface area contributed by atoms with Crippen molar-refractivity contribution in [2.45, 2.75) is 0 Å². The van der Waals surface area contributed by atoms with Crippen molar-refractivity contribution < 1.29 is 5.21 Å². The fourth-order valence-corrected chi connectivity index (χ4v) is 3.84. The van der Waals surface area contributed by atoms with Crippen molar-refractivity contribution in [3.63, 3.8) is 0 Å². The third kappa shape index (κ3) is 2.96. The van der Waals surface area contributed by atoms with Gasteiger partial charge in [-0.1, -0.05) is 23.2 Å². The molecule has 142 valence electrons. The number of rotatable bonds is 2. The van der Waals surface area contributed by atoms with Crippen LogP contribution in [-0.2, 0) is 14.1 Å². The number of fused-ring (bicyclic) bond motifs is 3. The van der Waals surface area contributed by atoms with Gasteiger partial charge >= 0.3 is 0 Å². The average molecular weight is 415 g/mol. The lowest BCUT2D eigenvalue weighted by molar-refractivity contribution is 0.235. The third-order valence-electron chi connectivity index (χ3n) is 4.77. The predicted molar refractivity (Wildman–Crippen MR) is 113 cm³/mol. The Morgan fingerprint density at radius 3 is 2.50 bits per heavy atom. The number of halogens is 2. The van der Waals surface area contributed by atoms with Gasteiger partial charge in [-0.3, -0.25) is 20.0 Å². The first kappa shape index (κ1) is 18.6. The number of aliphatic imine (C=N–C) groups is 1. The zero-order valence-electron chi connectivity index (χ0n) is 15.1. The summed E-state index contributed by atoms with van der Waals surface area (Å²) in [5.74, 6) is 0.243. The van der Waals surface area contributed by atoms with E-state index < -0.39 is 0 Å². The molecular formula is C20H16Cl2N4O2. The average Bonchev–Trinajstić information content (AvgIpc) is 2.96. The van der Waals surface area contributed by atoms with Crippen LogP contribution in [0.2, 0.25) is 10.0 Å². The first-order chi connectivity index (χ1) is 13.4. The first-order valence-corrected chi connectivity index (χ1v) is 9.18. The summed E-state index contributed by atoms with van der Waals surface area (Å²) in [4.78, 5) is 16.4. The van der Waals surface area contributed by atoms with E-state index in [9.17, 15) is 10.0 Å². The standard InChI is InChI=1S/C20H16Cl2N4O2/c1-25-17-7-3-11(9-14(17)13-5-8-18(27)26(2)20(13)25)19(24-28)23-16-6-4-12(21)10-15(16)22/h3-10,28H,1-2H3,(H,23,24). The van der Waals surface area contributed by atoms with E-state index in [4.69, 9.17) is 23.2 Å². The monoisotopic (exact) mass is 414 g/mol. The molecule has 2 heterocycles. The molecule has 0 spiro atoms. The van der Waals surface area contributed by atoms with Crippen LogP contribution in [0.25, 0.3) is 21.9 Å². The van der Waals surface area contributed by atoms with E-state index in [0.717, 1.165) is 21.9 Å². The maximum absolute atomic E-state index is 12.0. The predicted octanol–water partition coefficient (Wildman–Crippen LogP) is 4.39. The topological polar surface area (TPSA) is 71.6 Å². The van der Waals surface area contributed by atoms with Crippen molar-refractivity contribution in [1.29, 1.82) is 0 Å². The van der Waals surface area contributed by atoms with Gasteiger partial charge in [-0.15, -0.1) is 0 Å². The quantitative estimate of drug-likeness (QED) is 0.290. The molecule has 6 nitrogen and oxygen atoms in total. The van der Waals surface area contributed by atoms with E-state index in [1.54, 1.807) is 35.9 Å². The van der Waals surface area contributed by atoms with Crippen LogP contribution in [0.3, 0.4) is 0 Å². The van der Waals surface area contributed by atoms with E-state index in [0.29, 0.717) is 21.3 Å². The Hall–Kier alpha value is -2.80. The van der Waals surface area contributed by atoms with Crippen LogP contribution in [0.5, 0.6) is 0 Å². The highest BCUT2D eigenvalue weighted by atomic mass is 35.5. The van der Waals surface area contributed by atoms with Crippen molar-refractivity contribution in [3.05, 3.63) is 74.5 Å². The summed E-state index contributed by atoms with van der Waals surface area (Å²) < 4.78 is 3.58. The molecule has 0 atom stereocenters. The van der Waals surface area contributed by atoms with Crippen LogP contribution in [0, 0.1) is 0 Å². The maximum atomic E-state index is 12.0. The van der Waals surface area contributed by atoms with Crippen LogP contribution in [0.15, 0.2) is 58.3 Å². The zero-order valence-corrected chi connectivity index (χ0v) is 16.6. The Kier molecular flexibility index (Phi) is 4.63. The summed E-state index contributed by atoms with van der Waals surface area (Å²) >= 11 is 12.1. The Balaban J connectivity index is 1.93. The molecule has 0 aliphatic heterocycles. The molecule has 4 aromatic rings. The van der Waals surface area contributed by atoms with E-state index in [1.165, 1.54) is 0 Å². The molecule has 0 saturated carbocycles. The van der Waals surface area contributed by atoms with Crippen molar-refractivity contribution in [2.24, 2.45) is 19.1 Å². The van der Waals surface area contributed by atoms with E-state index in [-0.39, 0.29) is 11.4 Å². The van der Waals surface area contributed by atoms with E-state index in [2.05, 4.69) is 10.5 Å². The number of pyridine rings is 1. The number of amidine groups is 1. The maximum Gasteiger partial charge on any atom is 0.251 e. The van der Waals surface area contributed by atoms with Gasteiger partial charge < -0.3 is 4.57 Å². The Morgan fingerprint density at radius 1 is 1.00 bits per heavy atom. The molecule has 0 amide bonds. The lowest BCUT2D eigenvalue weighted by atomic mass is 10.1. The second kappa shape index (κ2) is 6.98. The molecule has 0 fully saturated rings. The fraction of sp³-hybridized carbons (Fsp3) is 0.100. The number of nitrogens with zero attached hydrogens (tertiary/aromatic N) is 3. The number of aryl methyl sites for hydroxylation is 2. The summed E-state index contributed by atoms with van der Waals surface area (Å²) in [5, 5.41) is 12.4. The zero-order chi connectivity index (χ0) is 20.0. The van der Waals surface area contributed by atoms with Gasteiger partial charge in [-0.05, 0) is 42.5 Å². The molecule has 0 saturated heterocycles. The lowest BCUT2D eigenvalue weighted by Gasteiger charge is -2.07. The molecule has 0 radical (unpaired) electrons. The molecule has 0 unspecified atom stereocenters. The van der Waals surface area contributed by atoms with Gasteiger partial charge in [0.2, 0.25) is 0 Å². The Morgan fingerprint density at radius 2 is 1.79 bits per heavy atom. The van der Waals surface area contributed by atoms with Crippen molar-refractivity contribution in [1.82, 2.24) is 14.6 Å². The molecular weight excluding hydrogens is 399 g/mol. The largest absolute Gasteiger partial charge is 0.330 e. The molecule has 0 aliphatic rings. The summed E-state index contributed by atoms with van der Waals surface area (Å²) in [6.07, 6.45) is 0. The molecule has 2 N–H and O–H groups in total. The summed E-state index contributed by atoms with van der Waals surface area (Å²) in [5.41, 5.74) is 4.99. The van der Waals surface area contributed by atoms with Crippen molar-refractivity contribution in [2.75, 3.05) is 0 Å². The van der Waals surface area contributed by atoms with Gasteiger partial charge in [0, 0.05) is 41.5 Å².